The van der Waals surface area contributed by atoms with Crippen molar-refractivity contribution >= 4 is 25.7 Å². The summed E-state index contributed by atoms with van der Waals surface area (Å²) < 4.78 is 32.6. The molecule has 0 aliphatic carbocycles. The first kappa shape index (κ1) is 49.2. The molecule has 11 nitrogen and oxygen atoms in total. The van der Waals surface area contributed by atoms with Crippen LogP contribution < -0.4 is 5.73 Å². The number of nitrogens with two attached hydrogens (primary N) is 1. The van der Waals surface area contributed by atoms with E-state index in [1.807, 2.05) is 0 Å². The lowest BCUT2D eigenvalue weighted by atomic mass is 10.0. The fourth-order valence-electron chi connectivity index (χ4n) is 5.53. The van der Waals surface area contributed by atoms with Crippen molar-refractivity contribution in [2.24, 2.45) is 5.73 Å². The first-order chi connectivity index (χ1) is 24.6. The predicted octanol–water partition coefficient (Wildman–Crippen LogP) is 10.1. The second kappa shape index (κ2) is 35.3. The first-order valence-electron chi connectivity index (χ1n) is 20.2. The third-order valence-corrected chi connectivity index (χ3v) is 9.71. The van der Waals surface area contributed by atoms with Crippen LogP contribution in [0.3, 0.4) is 0 Å². The molecule has 0 amide bonds. The molecule has 0 rings (SSSR count). The van der Waals surface area contributed by atoms with Crippen LogP contribution >= 0.6 is 7.82 Å². The maximum Gasteiger partial charge on any atom is 0.472 e. The van der Waals surface area contributed by atoms with Crippen LogP contribution in [0.2, 0.25) is 0 Å². The Hall–Kier alpha value is -1.78. The fourth-order valence-corrected chi connectivity index (χ4v) is 6.31. The maximum absolute atomic E-state index is 12.6. The molecule has 0 aromatic carbocycles. The molecule has 0 radical (unpaired) electrons. The van der Waals surface area contributed by atoms with Crippen LogP contribution in [0.5, 0.6) is 0 Å². The number of hydrogen-bond donors (Lipinski definition) is 3. The number of unbranched alkanes of at least 4 members (excludes halogenated alkanes) is 22. The summed E-state index contributed by atoms with van der Waals surface area (Å²) in [5.74, 6) is -2.38. The van der Waals surface area contributed by atoms with Gasteiger partial charge < -0.3 is 25.2 Å². The van der Waals surface area contributed by atoms with Crippen molar-refractivity contribution in [3.63, 3.8) is 0 Å². The highest BCUT2D eigenvalue weighted by molar-refractivity contribution is 7.47. The zero-order chi connectivity index (χ0) is 37.8. The number of carboxylic acids is 1. The van der Waals surface area contributed by atoms with Gasteiger partial charge in [0.15, 0.2) is 6.10 Å². The lowest BCUT2D eigenvalue weighted by Crippen LogP contribution is -2.34. The zero-order valence-corrected chi connectivity index (χ0v) is 33.1. The molecule has 0 fully saturated rings. The third kappa shape index (κ3) is 35.0. The van der Waals surface area contributed by atoms with E-state index in [0.717, 1.165) is 57.8 Å². The lowest BCUT2D eigenvalue weighted by molar-refractivity contribution is -0.161. The summed E-state index contributed by atoms with van der Waals surface area (Å²) in [4.78, 5) is 45.8. The SMILES string of the molecule is CCCCC/C=C/CCCCCCCC(=O)OC[C@H](COP(=O)(O)OC[C@H](N)C(=O)O)OC(=O)CCCCCCCCCCCCCCCCC. The number of phosphoric ester groups is 1. The second-order valence-corrected chi connectivity index (χ2v) is 15.2. The normalized spacial score (nSPS) is 14.0. The van der Waals surface area contributed by atoms with Crippen LogP contribution in [-0.4, -0.2) is 59.9 Å². The molecule has 0 aromatic rings. The van der Waals surface area contributed by atoms with E-state index in [2.05, 4.69) is 30.5 Å². The minimum Gasteiger partial charge on any atom is -0.480 e. The summed E-state index contributed by atoms with van der Waals surface area (Å²) in [5.41, 5.74) is 5.32. The van der Waals surface area contributed by atoms with E-state index in [9.17, 15) is 23.8 Å². The standard InChI is InChI=1S/C39H74NO10P/c1-3-5-7-9-11-13-15-17-18-19-21-23-25-27-29-31-38(42)50-35(33-48-51(45,46)49-34-36(40)39(43)44)32-47-37(41)30-28-26-24-22-20-16-14-12-10-8-6-4-2/h12,14,35-36H,3-11,13,15-34,40H2,1-2H3,(H,43,44)(H,45,46)/b14-12+/t35-,36+/m1/s1. The van der Waals surface area contributed by atoms with Crippen molar-refractivity contribution in [3.05, 3.63) is 12.2 Å². The quantitative estimate of drug-likeness (QED) is 0.0237. The molecule has 0 aliphatic heterocycles. The molecule has 12 heteroatoms. The van der Waals surface area contributed by atoms with Crippen LogP contribution in [-0.2, 0) is 37.5 Å². The summed E-state index contributed by atoms with van der Waals surface area (Å²) in [5, 5.41) is 8.86. The smallest absolute Gasteiger partial charge is 0.472 e. The number of aliphatic carboxylic acids is 1. The molecule has 4 N–H and O–H groups in total. The number of allylic oxidation sites excluding steroid dienone is 2. The van der Waals surface area contributed by atoms with Crippen LogP contribution in [0.4, 0.5) is 0 Å². The topological polar surface area (TPSA) is 172 Å². The van der Waals surface area contributed by atoms with E-state index in [1.165, 1.54) is 89.9 Å². The van der Waals surface area contributed by atoms with Crippen molar-refractivity contribution in [1.82, 2.24) is 0 Å². The second-order valence-electron chi connectivity index (χ2n) is 13.8. The van der Waals surface area contributed by atoms with Crippen molar-refractivity contribution in [2.45, 2.75) is 199 Å². The molecular formula is C39H74NO10P. The van der Waals surface area contributed by atoms with E-state index in [4.69, 9.17) is 24.8 Å². The fraction of sp³-hybridized carbons (Fsp3) is 0.872. The summed E-state index contributed by atoms with van der Waals surface area (Å²) in [6, 6.07) is -1.52. The molecule has 0 aromatic heterocycles. The molecule has 1 unspecified atom stereocenters. The van der Waals surface area contributed by atoms with Gasteiger partial charge in [0.2, 0.25) is 0 Å². The van der Waals surface area contributed by atoms with Gasteiger partial charge in [0.1, 0.15) is 12.6 Å². The van der Waals surface area contributed by atoms with Crippen molar-refractivity contribution < 1.29 is 47.5 Å². The number of phosphoric acid groups is 1. The van der Waals surface area contributed by atoms with Gasteiger partial charge in [-0.3, -0.25) is 23.4 Å². The molecule has 0 saturated carbocycles. The highest BCUT2D eigenvalue weighted by atomic mass is 31.2. The van der Waals surface area contributed by atoms with Gasteiger partial charge in [-0.05, 0) is 38.5 Å². The summed E-state index contributed by atoms with van der Waals surface area (Å²) >= 11 is 0. The van der Waals surface area contributed by atoms with Crippen LogP contribution in [0.25, 0.3) is 0 Å². The molecule has 0 aliphatic rings. The van der Waals surface area contributed by atoms with Gasteiger partial charge in [0.25, 0.3) is 0 Å². The molecule has 300 valence electrons. The Morgan fingerprint density at radius 1 is 0.588 bits per heavy atom. The van der Waals surface area contributed by atoms with Gasteiger partial charge in [-0.2, -0.15) is 0 Å². The van der Waals surface area contributed by atoms with Gasteiger partial charge in [0.05, 0.1) is 13.2 Å². The highest BCUT2D eigenvalue weighted by Gasteiger charge is 2.28. The van der Waals surface area contributed by atoms with Gasteiger partial charge >= 0.3 is 25.7 Å². The summed E-state index contributed by atoms with van der Waals surface area (Å²) in [6.45, 7) is 2.77. The van der Waals surface area contributed by atoms with E-state index < -0.39 is 51.1 Å². The van der Waals surface area contributed by atoms with E-state index in [0.29, 0.717) is 12.8 Å². The Labute approximate surface area is 309 Å². The van der Waals surface area contributed by atoms with Crippen LogP contribution in [0.1, 0.15) is 187 Å². The average molecular weight is 748 g/mol. The summed E-state index contributed by atoms with van der Waals surface area (Å²) in [6.07, 6.45) is 32.8. The highest BCUT2D eigenvalue weighted by Crippen LogP contribution is 2.43. The van der Waals surface area contributed by atoms with Crippen LogP contribution in [0.15, 0.2) is 12.2 Å². The van der Waals surface area contributed by atoms with Gasteiger partial charge in [-0.1, -0.05) is 148 Å². The Kier molecular flexibility index (Phi) is 34.0. The Balaban J connectivity index is 4.39. The molecule has 3 atom stereocenters. The molecule has 0 saturated heterocycles. The first-order valence-corrected chi connectivity index (χ1v) is 21.7. The lowest BCUT2D eigenvalue weighted by Gasteiger charge is -2.20. The maximum atomic E-state index is 12.6. The largest absolute Gasteiger partial charge is 0.480 e. The predicted molar refractivity (Wildman–Crippen MR) is 203 cm³/mol. The average Bonchev–Trinajstić information content (AvgIpc) is 3.10. The van der Waals surface area contributed by atoms with Crippen molar-refractivity contribution in [3.8, 4) is 0 Å². The summed E-state index contributed by atoms with van der Waals surface area (Å²) in [7, 11) is -4.71. The molecule has 0 heterocycles. The van der Waals surface area contributed by atoms with E-state index in [1.54, 1.807) is 0 Å². The minimum absolute atomic E-state index is 0.165. The number of ether oxygens (including phenoxy) is 2. The number of esters is 2. The Morgan fingerprint density at radius 2 is 0.980 bits per heavy atom. The van der Waals surface area contributed by atoms with E-state index in [-0.39, 0.29) is 19.4 Å². The number of carbonyl (C=O) groups excluding carboxylic acids is 2. The van der Waals surface area contributed by atoms with Gasteiger partial charge in [-0.25, -0.2) is 4.57 Å². The molecular weight excluding hydrogens is 673 g/mol. The molecule has 0 bridgehead atoms. The van der Waals surface area contributed by atoms with Gasteiger partial charge in [-0.15, -0.1) is 0 Å². The Bertz CT molecular complexity index is 932. The third-order valence-electron chi connectivity index (χ3n) is 8.76. The zero-order valence-electron chi connectivity index (χ0n) is 32.2. The van der Waals surface area contributed by atoms with Crippen LogP contribution in [0, 0.1) is 0 Å². The molecule has 51 heavy (non-hydrogen) atoms. The van der Waals surface area contributed by atoms with Gasteiger partial charge in [0, 0.05) is 12.8 Å². The number of hydrogen-bond acceptors (Lipinski definition) is 9. The number of rotatable bonds is 38. The monoisotopic (exact) mass is 748 g/mol. The Morgan fingerprint density at radius 3 is 1.47 bits per heavy atom. The van der Waals surface area contributed by atoms with Crippen molar-refractivity contribution in [2.75, 3.05) is 19.8 Å². The number of carbonyl (C=O) groups is 3. The van der Waals surface area contributed by atoms with E-state index >= 15 is 0 Å². The van der Waals surface area contributed by atoms with Crippen molar-refractivity contribution in [1.29, 1.82) is 0 Å². The minimum atomic E-state index is -4.71. The number of carboxylic acid groups (broad SMARTS) is 1. The molecule has 0 spiro atoms.